The molecule has 1 heterocycles. The van der Waals surface area contributed by atoms with Crippen molar-refractivity contribution in [2.75, 3.05) is 6.26 Å². The van der Waals surface area contributed by atoms with Gasteiger partial charge in [0.1, 0.15) is 5.82 Å². The molecule has 3 rings (SSSR count). The lowest BCUT2D eigenvalue weighted by Gasteiger charge is -2.16. The Morgan fingerprint density at radius 1 is 1.14 bits per heavy atom. The van der Waals surface area contributed by atoms with E-state index in [0.717, 1.165) is 17.5 Å². The number of hydrogen-bond acceptors (Lipinski definition) is 4. The monoisotopic (exact) mass is 415 g/mol. The zero-order valence-electron chi connectivity index (χ0n) is 16.6. The van der Waals surface area contributed by atoms with Crippen LogP contribution >= 0.6 is 0 Å². The van der Waals surface area contributed by atoms with Crippen molar-refractivity contribution in [3.8, 4) is 5.69 Å². The fourth-order valence-electron chi connectivity index (χ4n) is 3.12. The number of sulfone groups is 1. The summed E-state index contributed by atoms with van der Waals surface area (Å²) in [6.07, 6.45) is 2.76. The van der Waals surface area contributed by atoms with Gasteiger partial charge in [0.25, 0.3) is 5.91 Å². The average molecular weight is 415 g/mol. The number of benzene rings is 2. The molecule has 0 bridgehead atoms. The van der Waals surface area contributed by atoms with Gasteiger partial charge in [0.2, 0.25) is 0 Å². The summed E-state index contributed by atoms with van der Waals surface area (Å²) >= 11 is 0. The molecule has 0 spiro atoms. The van der Waals surface area contributed by atoms with E-state index >= 15 is 0 Å². The predicted octanol–water partition coefficient (Wildman–Crippen LogP) is 3.52. The van der Waals surface area contributed by atoms with Crippen LogP contribution in [0.15, 0.2) is 53.6 Å². The molecule has 1 unspecified atom stereocenters. The largest absolute Gasteiger partial charge is 0.345 e. The minimum absolute atomic E-state index is 0.0983. The molecule has 1 amide bonds. The van der Waals surface area contributed by atoms with Crippen LogP contribution in [0.2, 0.25) is 0 Å². The molecule has 0 aliphatic carbocycles. The fourth-order valence-corrected chi connectivity index (χ4v) is 3.77. The summed E-state index contributed by atoms with van der Waals surface area (Å²) < 4.78 is 38.4. The normalized spacial score (nSPS) is 12.6. The highest BCUT2D eigenvalue weighted by molar-refractivity contribution is 7.90. The van der Waals surface area contributed by atoms with Crippen LogP contribution < -0.4 is 5.32 Å². The highest BCUT2D eigenvalue weighted by atomic mass is 32.2. The molecule has 3 aromatic rings. The van der Waals surface area contributed by atoms with Crippen LogP contribution in [0.3, 0.4) is 0 Å². The van der Waals surface area contributed by atoms with E-state index in [-0.39, 0.29) is 22.7 Å². The van der Waals surface area contributed by atoms with E-state index in [1.807, 2.05) is 13.8 Å². The molecule has 2 aromatic carbocycles. The average Bonchev–Trinajstić information content (AvgIpc) is 3.03. The second-order valence-corrected chi connectivity index (χ2v) is 9.03. The van der Waals surface area contributed by atoms with Crippen molar-refractivity contribution in [1.29, 1.82) is 0 Å². The molecule has 0 aliphatic rings. The Balaban J connectivity index is 1.85. The van der Waals surface area contributed by atoms with Gasteiger partial charge < -0.3 is 5.32 Å². The zero-order chi connectivity index (χ0) is 21.3. The molecule has 0 saturated carbocycles. The molecule has 1 aromatic heterocycles. The number of carbonyl (C=O) groups excluding carboxylic acids is 1. The summed E-state index contributed by atoms with van der Waals surface area (Å²) in [5.74, 6) is -0.694. The lowest BCUT2D eigenvalue weighted by Crippen LogP contribution is -2.27. The number of carbonyl (C=O) groups is 1. The number of aromatic nitrogens is 2. The quantitative estimate of drug-likeness (QED) is 0.691. The number of aryl methyl sites for hydroxylation is 1. The summed E-state index contributed by atoms with van der Waals surface area (Å²) in [6, 6.07) is 10.1. The first-order valence-corrected chi connectivity index (χ1v) is 10.9. The Bertz CT molecular complexity index is 1170. The smallest absolute Gasteiger partial charge is 0.252 e. The minimum Gasteiger partial charge on any atom is -0.345 e. The molecule has 29 heavy (non-hydrogen) atoms. The maximum Gasteiger partial charge on any atom is 0.252 e. The molecule has 8 heteroatoms. The number of halogens is 1. The second-order valence-electron chi connectivity index (χ2n) is 7.02. The van der Waals surface area contributed by atoms with Gasteiger partial charge in [0, 0.05) is 23.1 Å². The summed E-state index contributed by atoms with van der Waals surface area (Å²) in [5, 5.41) is 7.24. The van der Waals surface area contributed by atoms with E-state index in [9.17, 15) is 17.6 Å². The maximum absolute atomic E-state index is 13.2. The Morgan fingerprint density at radius 3 is 2.41 bits per heavy atom. The minimum atomic E-state index is -3.41. The van der Waals surface area contributed by atoms with Gasteiger partial charge in [-0.3, -0.25) is 4.79 Å². The first kappa shape index (κ1) is 20.7. The summed E-state index contributed by atoms with van der Waals surface area (Å²) in [6.45, 7) is 5.44. The van der Waals surface area contributed by atoms with Crippen LogP contribution in [-0.4, -0.2) is 30.4 Å². The summed E-state index contributed by atoms with van der Waals surface area (Å²) in [7, 11) is -3.41. The molecular formula is C21H22FN3O3S. The van der Waals surface area contributed by atoms with E-state index in [1.54, 1.807) is 36.0 Å². The van der Waals surface area contributed by atoms with Crippen LogP contribution in [0.4, 0.5) is 4.39 Å². The van der Waals surface area contributed by atoms with Gasteiger partial charge >= 0.3 is 0 Å². The highest BCUT2D eigenvalue weighted by Crippen LogP contribution is 2.22. The van der Waals surface area contributed by atoms with E-state index in [1.165, 1.54) is 24.3 Å². The number of amides is 1. The summed E-state index contributed by atoms with van der Waals surface area (Å²) in [5.41, 5.74) is 3.32. The standard InChI is InChI=1S/C21H22FN3O3S/c1-13-5-10-18(29(4,27)28)11-19(13)21(26)24-14(2)20-12-23-25(15(20)3)17-8-6-16(22)7-9-17/h5-12,14H,1-4H3,(H,24,26). The number of hydrogen-bond donors (Lipinski definition) is 1. The summed E-state index contributed by atoms with van der Waals surface area (Å²) in [4.78, 5) is 12.9. The Morgan fingerprint density at radius 2 is 1.79 bits per heavy atom. The molecule has 1 N–H and O–H groups in total. The van der Waals surface area contributed by atoms with Crippen LogP contribution in [0.25, 0.3) is 5.69 Å². The molecule has 1 atom stereocenters. The lowest BCUT2D eigenvalue weighted by molar-refractivity contribution is 0.0939. The molecule has 0 radical (unpaired) electrons. The van der Waals surface area contributed by atoms with E-state index in [2.05, 4.69) is 10.4 Å². The third-order valence-electron chi connectivity index (χ3n) is 4.81. The van der Waals surface area contributed by atoms with Crippen LogP contribution in [-0.2, 0) is 9.84 Å². The first-order valence-electron chi connectivity index (χ1n) is 9.00. The van der Waals surface area contributed by atoms with Gasteiger partial charge in [-0.15, -0.1) is 0 Å². The number of nitrogens with zero attached hydrogens (tertiary/aromatic N) is 2. The van der Waals surface area contributed by atoms with Gasteiger partial charge in [-0.2, -0.15) is 5.10 Å². The third kappa shape index (κ3) is 4.37. The molecular weight excluding hydrogens is 393 g/mol. The maximum atomic E-state index is 13.2. The van der Waals surface area contributed by atoms with Crippen molar-refractivity contribution in [3.05, 3.63) is 76.9 Å². The Hall–Kier alpha value is -3.00. The van der Waals surface area contributed by atoms with Gasteiger partial charge in [-0.1, -0.05) is 6.07 Å². The van der Waals surface area contributed by atoms with Crippen molar-refractivity contribution in [2.24, 2.45) is 0 Å². The van der Waals surface area contributed by atoms with Crippen LogP contribution in [0.1, 0.15) is 40.1 Å². The third-order valence-corrected chi connectivity index (χ3v) is 5.93. The van der Waals surface area contributed by atoms with Crippen molar-refractivity contribution < 1.29 is 17.6 Å². The number of rotatable bonds is 5. The van der Waals surface area contributed by atoms with E-state index < -0.39 is 9.84 Å². The topological polar surface area (TPSA) is 81.1 Å². The zero-order valence-corrected chi connectivity index (χ0v) is 17.4. The van der Waals surface area contributed by atoms with Gasteiger partial charge in [0.05, 0.1) is 22.8 Å². The first-order chi connectivity index (χ1) is 13.6. The molecule has 0 saturated heterocycles. The van der Waals surface area contributed by atoms with Crippen molar-refractivity contribution in [1.82, 2.24) is 15.1 Å². The number of nitrogens with one attached hydrogen (secondary N) is 1. The highest BCUT2D eigenvalue weighted by Gasteiger charge is 2.19. The Labute approximate surface area is 169 Å². The van der Waals surface area contributed by atoms with E-state index in [4.69, 9.17) is 0 Å². The van der Waals surface area contributed by atoms with Crippen molar-refractivity contribution >= 4 is 15.7 Å². The van der Waals surface area contributed by atoms with Gasteiger partial charge in [-0.25, -0.2) is 17.5 Å². The SMILES string of the molecule is Cc1ccc(S(C)(=O)=O)cc1C(=O)NC(C)c1cnn(-c2ccc(F)cc2)c1C. The fraction of sp³-hybridized carbons (Fsp3) is 0.238. The van der Waals surface area contributed by atoms with Crippen LogP contribution in [0, 0.1) is 19.7 Å². The van der Waals surface area contributed by atoms with Crippen molar-refractivity contribution in [2.45, 2.75) is 31.7 Å². The molecule has 0 aliphatic heterocycles. The molecule has 152 valence electrons. The van der Waals surface area contributed by atoms with E-state index in [0.29, 0.717) is 16.8 Å². The molecule has 0 fully saturated rings. The van der Waals surface area contributed by atoms with Gasteiger partial charge in [-0.05, 0) is 62.7 Å². The lowest BCUT2D eigenvalue weighted by atomic mass is 10.1. The van der Waals surface area contributed by atoms with Crippen LogP contribution in [0.5, 0.6) is 0 Å². The Kier molecular flexibility index (Phi) is 5.57. The predicted molar refractivity (Wildman–Crippen MR) is 108 cm³/mol. The van der Waals surface area contributed by atoms with Gasteiger partial charge in [0.15, 0.2) is 9.84 Å². The molecule has 6 nitrogen and oxygen atoms in total. The second kappa shape index (κ2) is 7.79. The van der Waals surface area contributed by atoms with Crippen molar-refractivity contribution in [3.63, 3.8) is 0 Å².